The van der Waals surface area contributed by atoms with Crippen LogP contribution in [0.5, 0.6) is 0 Å². The van der Waals surface area contributed by atoms with Gasteiger partial charge in [0.05, 0.1) is 27.7 Å². The molecule has 0 heterocycles. The standard InChI is InChI=1S/C86H152NO8P/c1-6-8-10-12-14-16-18-20-22-24-26-28-30-32-34-36-38-40-41-42-43-44-45-47-48-50-52-54-56-58-60-62-64-66-68-70-72-74-76-78-85(88)92-82-84(83-94-96(90,91)93-81-80-87(3,4)5)95-86(89)79-77-75-73-71-69-67-65-63-61-59-57-55-53-51-49-46-39-37-35-33-31-29-27-25-23-21-19-17-15-13-11-9-7-2/h9,11,15,17,21,23-24,26-27,29,33,35,39,46,51,53,57,59,63,65,84H,6-8,10,12-14,16,18-20,22,25,28,30-32,34,36-38,40-45,47-50,52,54-56,58,60-62,64,66-83H2,1-5H3/b11-9-,17-15-,23-21-,26-24-,29-27-,35-33-,46-39-,53-51-,59-57-,65-63-. The topological polar surface area (TPSA) is 111 Å². The molecule has 0 aromatic heterocycles. The van der Waals surface area contributed by atoms with Crippen molar-refractivity contribution < 1.29 is 42.1 Å². The smallest absolute Gasteiger partial charge is 0.306 e. The Morgan fingerprint density at radius 2 is 0.594 bits per heavy atom. The summed E-state index contributed by atoms with van der Waals surface area (Å²) in [5.74, 6) is -0.849. The van der Waals surface area contributed by atoms with E-state index in [-0.39, 0.29) is 32.0 Å². The van der Waals surface area contributed by atoms with Crippen LogP contribution >= 0.6 is 7.82 Å². The van der Waals surface area contributed by atoms with Gasteiger partial charge < -0.3 is 27.9 Å². The SMILES string of the molecule is CC/C=C\C/C=C\C/C=C\C/C=C\C/C=C\C/C=C\C/C=C\C/C=C\C/C=C\CCCCCCCC(=O)OC(COC(=O)CCCCCCCCCCCCCCCCCCCCCCCCCCCCC/C=C\CCCCCCCCCC)COP(=O)([O-])OCC[N+](C)(C)C. The monoisotopic (exact) mass is 1360 g/mol. The molecule has 0 aliphatic rings. The van der Waals surface area contributed by atoms with E-state index < -0.39 is 26.5 Å². The van der Waals surface area contributed by atoms with Gasteiger partial charge in [0.25, 0.3) is 7.82 Å². The molecule has 0 bridgehead atoms. The second kappa shape index (κ2) is 75.6. The minimum absolute atomic E-state index is 0.0394. The Labute approximate surface area is 594 Å². The van der Waals surface area contributed by atoms with Gasteiger partial charge in [-0.05, 0) is 109 Å². The average Bonchev–Trinajstić information content (AvgIpc) is 1.48. The van der Waals surface area contributed by atoms with Crippen LogP contribution < -0.4 is 4.89 Å². The third kappa shape index (κ3) is 79.4. The number of unbranched alkanes of at least 4 members (excludes halogenated alkanes) is 40. The lowest BCUT2D eigenvalue weighted by atomic mass is 10.0. The van der Waals surface area contributed by atoms with Gasteiger partial charge in [-0.15, -0.1) is 0 Å². The molecule has 9 nitrogen and oxygen atoms in total. The summed E-state index contributed by atoms with van der Waals surface area (Å²) in [6.45, 7) is 4.13. The van der Waals surface area contributed by atoms with Gasteiger partial charge in [-0.1, -0.05) is 360 Å². The molecule has 0 aliphatic heterocycles. The van der Waals surface area contributed by atoms with Gasteiger partial charge in [0.15, 0.2) is 6.10 Å². The largest absolute Gasteiger partial charge is 0.756 e. The predicted octanol–water partition coefficient (Wildman–Crippen LogP) is 26.3. The Bertz CT molecular complexity index is 2040. The molecule has 0 saturated carbocycles. The number of ether oxygens (including phenoxy) is 2. The van der Waals surface area contributed by atoms with Crippen LogP contribution in [0.3, 0.4) is 0 Å². The van der Waals surface area contributed by atoms with Crippen LogP contribution in [-0.2, 0) is 32.7 Å². The summed E-state index contributed by atoms with van der Waals surface area (Å²) in [5.41, 5.74) is 0. The normalized spacial score (nSPS) is 13.7. The zero-order valence-electron chi connectivity index (χ0n) is 63.3. The van der Waals surface area contributed by atoms with E-state index in [0.717, 1.165) is 109 Å². The van der Waals surface area contributed by atoms with Crippen molar-refractivity contribution in [1.82, 2.24) is 0 Å². The molecule has 10 heteroatoms. The van der Waals surface area contributed by atoms with Crippen molar-refractivity contribution >= 4 is 19.8 Å². The van der Waals surface area contributed by atoms with E-state index >= 15 is 0 Å². The first kappa shape index (κ1) is 92.4. The highest BCUT2D eigenvalue weighted by molar-refractivity contribution is 7.45. The van der Waals surface area contributed by atoms with Crippen LogP contribution in [0.1, 0.15) is 361 Å². The predicted molar refractivity (Wildman–Crippen MR) is 415 cm³/mol. The van der Waals surface area contributed by atoms with Gasteiger partial charge in [0, 0.05) is 12.8 Å². The highest BCUT2D eigenvalue weighted by Crippen LogP contribution is 2.38. The number of hydrogen-bond donors (Lipinski definition) is 0. The van der Waals surface area contributed by atoms with E-state index in [1.165, 1.54) is 218 Å². The molecule has 0 rings (SSSR count). The molecule has 0 aromatic carbocycles. The Balaban J connectivity index is 4.00. The maximum Gasteiger partial charge on any atom is 0.306 e. The number of likely N-dealkylation sites (N-methyl/N-ethyl adjacent to an activating group) is 1. The average molecular weight is 1360 g/mol. The summed E-state index contributed by atoms with van der Waals surface area (Å²) in [5, 5.41) is 0. The van der Waals surface area contributed by atoms with Crippen LogP contribution in [0.15, 0.2) is 122 Å². The van der Waals surface area contributed by atoms with Gasteiger partial charge in [-0.3, -0.25) is 14.2 Å². The van der Waals surface area contributed by atoms with E-state index in [9.17, 15) is 19.0 Å². The van der Waals surface area contributed by atoms with Crippen molar-refractivity contribution in [1.29, 1.82) is 0 Å². The number of hydrogen-bond acceptors (Lipinski definition) is 8. The van der Waals surface area contributed by atoms with Gasteiger partial charge in [0.1, 0.15) is 19.8 Å². The van der Waals surface area contributed by atoms with Crippen LogP contribution in [0, 0.1) is 0 Å². The third-order valence-electron chi connectivity index (χ3n) is 17.5. The highest BCUT2D eigenvalue weighted by atomic mass is 31.2. The fourth-order valence-electron chi connectivity index (χ4n) is 11.4. The number of esters is 2. The molecule has 0 aromatic rings. The van der Waals surface area contributed by atoms with Crippen molar-refractivity contribution in [3.63, 3.8) is 0 Å². The number of allylic oxidation sites excluding steroid dienone is 20. The lowest BCUT2D eigenvalue weighted by molar-refractivity contribution is -0.870. The molecule has 0 amide bonds. The zero-order chi connectivity index (χ0) is 69.7. The summed E-state index contributed by atoms with van der Waals surface area (Å²) in [6.07, 6.45) is 109. The van der Waals surface area contributed by atoms with E-state index in [0.29, 0.717) is 17.4 Å². The van der Waals surface area contributed by atoms with Crippen LogP contribution in [-0.4, -0.2) is 70.0 Å². The number of phosphoric ester groups is 1. The number of nitrogens with zero attached hydrogens (tertiary/aromatic N) is 1. The van der Waals surface area contributed by atoms with Crippen molar-refractivity contribution in [2.45, 2.75) is 367 Å². The molecule has 2 atom stereocenters. The van der Waals surface area contributed by atoms with E-state index in [1.807, 2.05) is 21.1 Å². The molecular formula is C86H152NO8P. The lowest BCUT2D eigenvalue weighted by Crippen LogP contribution is -2.37. The Morgan fingerprint density at radius 3 is 0.896 bits per heavy atom. The minimum atomic E-state index is -4.66. The van der Waals surface area contributed by atoms with Crippen LogP contribution in [0.25, 0.3) is 0 Å². The molecule has 0 N–H and O–H groups in total. The van der Waals surface area contributed by atoms with E-state index in [4.69, 9.17) is 18.5 Å². The number of rotatable bonds is 74. The molecule has 554 valence electrons. The maximum absolute atomic E-state index is 12.9. The number of carbonyl (C=O) groups excluding carboxylic acids is 2. The molecule has 0 radical (unpaired) electrons. The Hall–Kier alpha value is -3.59. The third-order valence-corrected chi connectivity index (χ3v) is 18.4. The lowest BCUT2D eigenvalue weighted by Gasteiger charge is -2.28. The molecule has 2 unspecified atom stereocenters. The van der Waals surface area contributed by atoms with Crippen molar-refractivity contribution in [2.75, 3.05) is 47.5 Å². The number of carbonyl (C=O) groups is 2. The quantitative estimate of drug-likeness (QED) is 0.0195. The van der Waals surface area contributed by atoms with Gasteiger partial charge in [0.2, 0.25) is 0 Å². The summed E-state index contributed by atoms with van der Waals surface area (Å²) >= 11 is 0. The highest BCUT2D eigenvalue weighted by Gasteiger charge is 2.22. The summed E-state index contributed by atoms with van der Waals surface area (Å²) < 4.78 is 34.4. The van der Waals surface area contributed by atoms with Gasteiger partial charge in [-0.2, -0.15) is 0 Å². The number of quaternary nitrogens is 1. The summed E-state index contributed by atoms with van der Waals surface area (Å²) in [7, 11) is 1.15. The Morgan fingerprint density at radius 1 is 0.333 bits per heavy atom. The maximum atomic E-state index is 12.9. The fraction of sp³-hybridized carbons (Fsp3) is 0.744. The van der Waals surface area contributed by atoms with Crippen LogP contribution in [0.4, 0.5) is 0 Å². The first-order valence-electron chi connectivity index (χ1n) is 40.2. The molecular weight excluding hydrogens is 1210 g/mol. The van der Waals surface area contributed by atoms with Gasteiger partial charge >= 0.3 is 11.9 Å². The molecule has 96 heavy (non-hydrogen) atoms. The first-order chi connectivity index (χ1) is 47.0. The Kier molecular flexibility index (Phi) is 72.8. The summed E-state index contributed by atoms with van der Waals surface area (Å²) in [4.78, 5) is 38.2. The van der Waals surface area contributed by atoms with E-state index in [1.54, 1.807) is 0 Å². The minimum Gasteiger partial charge on any atom is -0.756 e. The van der Waals surface area contributed by atoms with Crippen molar-refractivity contribution in [3.05, 3.63) is 122 Å². The van der Waals surface area contributed by atoms with Crippen molar-refractivity contribution in [2.24, 2.45) is 0 Å². The molecule has 0 saturated heterocycles. The zero-order valence-corrected chi connectivity index (χ0v) is 64.2. The number of phosphoric acid groups is 1. The second-order valence-corrected chi connectivity index (χ2v) is 29.5. The van der Waals surface area contributed by atoms with Crippen molar-refractivity contribution in [3.8, 4) is 0 Å². The second-order valence-electron chi connectivity index (χ2n) is 28.0. The fourth-order valence-corrected chi connectivity index (χ4v) is 12.1. The first-order valence-corrected chi connectivity index (χ1v) is 41.7. The summed E-state index contributed by atoms with van der Waals surface area (Å²) in [6, 6.07) is 0. The van der Waals surface area contributed by atoms with Gasteiger partial charge in [-0.25, -0.2) is 0 Å². The van der Waals surface area contributed by atoms with Crippen LogP contribution in [0.2, 0.25) is 0 Å². The molecule has 0 aliphatic carbocycles. The van der Waals surface area contributed by atoms with E-state index in [2.05, 4.69) is 135 Å². The molecule has 0 fully saturated rings. The molecule has 0 spiro atoms.